The topological polar surface area (TPSA) is 77.5 Å². The van der Waals surface area contributed by atoms with Crippen molar-refractivity contribution in [3.63, 3.8) is 0 Å². The smallest absolute Gasteiger partial charge is 0.167 e. The summed E-state index contributed by atoms with van der Waals surface area (Å²) in [6.07, 6.45) is 2.96. The van der Waals surface area contributed by atoms with Gasteiger partial charge in [-0.2, -0.15) is 0 Å². The number of hydrogen-bond donors (Lipinski definition) is 1. The number of aliphatic hydroxyl groups excluding tert-OH is 1. The Labute approximate surface area is 119 Å². The SMILES string of the molecule is CC[C@H]1O[C@@H](n2cnc3c2ncn2ccnc32)[C@H](O)[C@@H]1F. The third kappa shape index (κ3) is 1.69. The minimum Gasteiger partial charge on any atom is -0.385 e. The minimum atomic E-state index is -1.41. The molecular weight excluding hydrogens is 277 g/mol. The second-order valence-electron chi connectivity index (χ2n) is 5.14. The van der Waals surface area contributed by atoms with E-state index in [0.717, 1.165) is 0 Å². The number of nitrogens with zero attached hydrogens (tertiary/aromatic N) is 5. The van der Waals surface area contributed by atoms with E-state index < -0.39 is 24.6 Å². The van der Waals surface area contributed by atoms with Crippen LogP contribution < -0.4 is 0 Å². The van der Waals surface area contributed by atoms with Crippen molar-refractivity contribution in [2.45, 2.75) is 38.0 Å². The molecule has 3 aromatic heterocycles. The molecule has 3 aromatic rings. The number of hydrogen-bond acceptors (Lipinski definition) is 5. The van der Waals surface area contributed by atoms with Crippen LogP contribution in [0.2, 0.25) is 0 Å². The third-order valence-corrected chi connectivity index (χ3v) is 3.92. The van der Waals surface area contributed by atoms with Crippen molar-refractivity contribution in [1.82, 2.24) is 23.9 Å². The van der Waals surface area contributed by atoms with Gasteiger partial charge >= 0.3 is 0 Å². The standard InChI is InChI=1S/C13H14FN5O2/c1-2-7-8(14)10(20)13(21-7)19-6-16-9-11-15-3-4-18(11)5-17-12(9)19/h3-8,10,13,20H,2H2,1H3/t7-,8-,10-,13-/m1/s1. The van der Waals surface area contributed by atoms with Crippen molar-refractivity contribution in [2.24, 2.45) is 0 Å². The lowest BCUT2D eigenvalue weighted by Crippen LogP contribution is -2.27. The lowest BCUT2D eigenvalue weighted by Gasteiger charge is -2.16. The van der Waals surface area contributed by atoms with E-state index >= 15 is 0 Å². The maximum atomic E-state index is 14.0. The molecule has 1 fully saturated rings. The zero-order valence-corrected chi connectivity index (χ0v) is 11.3. The molecule has 0 aromatic carbocycles. The lowest BCUT2D eigenvalue weighted by molar-refractivity contribution is -0.0355. The highest BCUT2D eigenvalue weighted by Gasteiger charge is 2.44. The molecule has 21 heavy (non-hydrogen) atoms. The molecule has 0 amide bonds. The summed E-state index contributed by atoms with van der Waals surface area (Å²) in [5, 5.41) is 10.1. The first-order valence-electron chi connectivity index (χ1n) is 6.82. The van der Waals surface area contributed by atoms with Crippen LogP contribution in [-0.2, 0) is 4.74 Å². The Morgan fingerprint density at radius 2 is 2.14 bits per heavy atom. The van der Waals surface area contributed by atoms with Gasteiger partial charge in [0.25, 0.3) is 0 Å². The number of alkyl halides is 1. The zero-order valence-electron chi connectivity index (χ0n) is 11.3. The first-order valence-corrected chi connectivity index (χ1v) is 6.82. The van der Waals surface area contributed by atoms with E-state index in [1.165, 1.54) is 6.33 Å². The van der Waals surface area contributed by atoms with Crippen molar-refractivity contribution in [3.05, 3.63) is 25.0 Å². The number of imidazole rings is 2. The Kier molecular flexibility index (Phi) is 2.69. The summed E-state index contributed by atoms with van der Waals surface area (Å²) in [6, 6.07) is 0. The Morgan fingerprint density at radius 3 is 2.90 bits per heavy atom. The highest BCUT2D eigenvalue weighted by atomic mass is 19.1. The molecule has 4 atom stereocenters. The molecule has 1 aliphatic heterocycles. The molecule has 0 unspecified atom stereocenters. The van der Waals surface area contributed by atoms with E-state index in [9.17, 15) is 9.50 Å². The third-order valence-electron chi connectivity index (χ3n) is 3.92. The number of rotatable bonds is 2. The average molecular weight is 291 g/mol. The van der Waals surface area contributed by atoms with Crippen LogP contribution in [-0.4, -0.2) is 47.4 Å². The highest BCUT2D eigenvalue weighted by Crippen LogP contribution is 2.34. The van der Waals surface area contributed by atoms with Gasteiger partial charge in [0.15, 0.2) is 29.2 Å². The van der Waals surface area contributed by atoms with Crippen LogP contribution >= 0.6 is 0 Å². The van der Waals surface area contributed by atoms with E-state index in [4.69, 9.17) is 4.74 Å². The van der Waals surface area contributed by atoms with Crippen LogP contribution in [0.1, 0.15) is 19.6 Å². The van der Waals surface area contributed by atoms with Crippen molar-refractivity contribution >= 4 is 16.8 Å². The fourth-order valence-corrected chi connectivity index (χ4v) is 2.80. The molecule has 0 saturated carbocycles. The van der Waals surface area contributed by atoms with E-state index in [2.05, 4.69) is 15.0 Å². The molecule has 1 saturated heterocycles. The van der Waals surface area contributed by atoms with Gasteiger partial charge in [-0.15, -0.1) is 0 Å². The van der Waals surface area contributed by atoms with Gasteiger partial charge in [0, 0.05) is 12.4 Å². The maximum Gasteiger partial charge on any atom is 0.167 e. The van der Waals surface area contributed by atoms with Crippen LogP contribution in [0.5, 0.6) is 0 Å². The van der Waals surface area contributed by atoms with Crippen molar-refractivity contribution in [2.75, 3.05) is 0 Å². The van der Waals surface area contributed by atoms with Gasteiger partial charge in [-0.1, -0.05) is 6.92 Å². The number of aromatic nitrogens is 5. The summed E-state index contributed by atoms with van der Waals surface area (Å²) in [4.78, 5) is 12.8. The second-order valence-corrected chi connectivity index (χ2v) is 5.14. The number of aliphatic hydroxyl groups is 1. The van der Waals surface area contributed by atoms with E-state index in [-0.39, 0.29) is 0 Å². The summed E-state index contributed by atoms with van der Waals surface area (Å²) in [5.41, 5.74) is 1.77. The molecule has 8 heteroatoms. The molecular formula is C13H14FN5O2. The highest BCUT2D eigenvalue weighted by molar-refractivity contribution is 5.85. The van der Waals surface area contributed by atoms with E-state index in [1.54, 1.807) is 27.7 Å². The predicted molar refractivity (Wildman–Crippen MR) is 71.4 cm³/mol. The Bertz CT molecular complexity index is 800. The minimum absolute atomic E-state index is 0.499. The number of fused-ring (bicyclic) bond motifs is 3. The quantitative estimate of drug-likeness (QED) is 0.764. The van der Waals surface area contributed by atoms with Crippen LogP contribution in [0.3, 0.4) is 0 Å². The molecule has 0 bridgehead atoms. The maximum absolute atomic E-state index is 14.0. The normalized spacial score (nSPS) is 29.7. The van der Waals surface area contributed by atoms with Gasteiger partial charge in [-0.25, -0.2) is 19.3 Å². The zero-order chi connectivity index (χ0) is 14.6. The molecule has 1 N–H and O–H groups in total. The van der Waals surface area contributed by atoms with Gasteiger partial charge in [0.05, 0.1) is 12.4 Å². The lowest BCUT2D eigenvalue weighted by atomic mass is 10.1. The number of halogens is 1. The van der Waals surface area contributed by atoms with Gasteiger partial charge in [-0.3, -0.25) is 8.97 Å². The second kappa shape index (κ2) is 4.47. The largest absolute Gasteiger partial charge is 0.385 e. The Morgan fingerprint density at radius 1 is 1.29 bits per heavy atom. The Balaban J connectivity index is 1.84. The molecule has 4 rings (SSSR count). The van der Waals surface area contributed by atoms with Crippen LogP contribution in [0.15, 0.2) is 25.0 Å². The Hall–Kier alpha value is -2.06. The van der Waals surface area contributed by atoms with Crippen LogP contribution in [0.4, 0.5) is 4.39 Å². The van der Waals surface area contributed by atoms with Crippen molar-refractivity contribution in [3.8, 4) is 0 Å². The monoisotopic (exact) mass is 291 g/mol. The van der Waals surface area contributed by atoms with E-state index in [0.29, 0.717) is 23.2 Å². The summed E-state index contributed by atoms with van der Waals surface area (Å²) >= 11 is 0. The van der Waals surface area contributed by atoms with E-state index in [1.807, 2.05) is 6.92 Å². The molecule has 0 aliphatic carbocycles. The van der Waals surface area contributed by atoms with Gasteiger partial charge in [0.1, 0.15) is 12.4 Å². The van der Waals surface area contributed by atoms with Gasteiger partial charge in [0.2, 0.25) is 0 Å². The average Bonchev–Trinajstić information content (AvgIpc) is 3.17. The fraction of sp³-hybridized carbons (Fsp3) is 0.462. The van der Waals surface area contributed by atoms with Crippen molar-refractivity contribution in [1.29, 1.82) is 0 Å². The molecule has 1 aliphatic rings. The summed E-state index contributed by atoms with van der Waals surface area (Å²) in [6.45, 7) is 1.82. The summed E-state index contributed by atoms with van der Waals surface area (Å²) < 4.78 is 22.9. The number of ether oxygens (including phenoxy) is 1. The summed E-state index contributed by atoms with van der Waals surface area (Å²) in [7, 11) is 0. The predicted octanol–water partition coefficient (Wildman–Crippen LogP) is 1.09. The first kappa shape index (κ1) is 12.7. The molecule has 0 radical (unpaired) electrons. The molecule has 4 heterocycles. The first-order chi connectivity index (χ1) is 10.2. The van der Waals surface area contributed by atoms with Crippen molar-refractivity contribution < 1.29 is 14.2 Å². The molecule has 7 nitrogen and oxygen atoms in total. The van der Waals surface area contributed by atoms with Gasteiger partial charge < -0.3 is 9.84 Å². The molecule has 110 valence electrons. The fourth-order valence-electron chi connectivity index (χ4n) is 2.80. The molecule has 0 spiro atoms. The van der Waals surface area contributed by atoms with Crippen LogP contribution in [0.25, 0.3) is 16.8 Å². The van der Waals surface area contributed by atoms with Gasteiger partial charge in [-0.05, 0) is 6.42 Å². The van der Waals surface area contributed by atoms with Crippen LogP contribution in [0, 0.1) is 0 Å². The summed E-state index contributed by atoms with van der Waals surface area (Å²) in [5.74, 6) is 0.